The SMILES string of the molecule is CN1CCC(C=NO)=N1. The fourth-order valence-corrected chi connectivity index (χ4v) is 0.753. The van der Waals surface area contributed by atoms with E-state index in [1.54, 1.807) is 0 Å². The van der Waals surface area contributed by atoms with Crippen molar-refractivity contribution in [1.82, 2.24) is 5.01 Å². The predicted molar refractivity (Wildman–Crippen MR) is 35.0 cm³/mol. The molecule has 0 spiro atoms. The van der Waals surface area contributed by atoms with Gasteiger partial charge in [-0.1, -0.05) is 5.16 Å². The summed E-state index contributed by atoms with van der Waals surface area (Å²) in [5.41, 5.74) is 0.833. The summed E-state index contributed by atoms with van der Waals surface area (Å²) in [5.74, 6) is 0. The molecule has 0 aromatic rings. The third-order valence-corrected chi connectivity index (χ3v) is 1.20. The van der Waals surface area contributed by atoms with Gasteiger partial charge in [0.05, 0.1) is 11.9 Å². The summed E-state index contributed by atoms with van der Waals surface area (Å²) in [5, 5.41) is 16.8. The highest BCUT2D eigenvalue weighted by atomic mass is 16.4. The van der Waals surface area contributed by atoms with Crippen LogP contribution in [-0.2, 0) is 0 Å². The van der Waals surface area contributed by atoms with Gasteiger partial charge in [-0.05, 0) is 0 Å². The summed E-state index contributed by atoms with van der Waals surface area (Å²) in [6.07, 6.45) is 2.24. The molecule has 0 aromatic carbocycles. The van der Waals surface area contributed by atoms with Gasteiger partial charge in [0.25, 0.3) is 0 Å². The molecule has 0 atom stereocenters. The van der Waals surface area contributed by atoms with Crippen LogP contribution in [0, 0.1) is 0 Å². The zero-order chi connectivity index (χ0) is 6.69. The molecule has 0 bridgehead atoms. The van der Waals surface area contributed by atoms with E-state index in [0.29, 0.717) is 0 Å². The summed E-state index contributed by atoms with van der Waals surface area (Å²) in [6.45, 7) is 0.918. The van der Waals surface area contributed by atoms with Gasteiger partial charge in [0.15, 0.2) is 0 Å². The Bertz CT molecular complexity index is 152. The minimum absolute atomic E-state index is 0.833. The first-order valence-corrected chi connectivity index (χ1v) is 2.79. The van der Waals surface area contributed by atoms with E-state index in [-0.39, 0.29) is 0 Å². The lowest BCUT2D eigenvalue weighted by atomic mass is 10.3. The van der Waals surface area contributed by atoms with E-state index in [2.05, 4.69) is 10.3 Å². The van der Waals surface area contributed by atoms with Gasteiger partial charge in [-0.15, -0.1) is 0 Å². The van der Waals surface area contributed by atoms with Crippen molar-refractivity contribution in [2.24, 2.45) is 10.3 Å². The molecule has 0 radical (unpaired) electrons. The standard InChI is InChI=1S/C5H9N3O/c1-8-3-2-5(7-8)4-6-9/h4,9H,2-3H2,1H3. The lowest BCUT2D eigenvalue weighted by Crippen LogP contribution is -2.04. The molecule has 1 heterocycles. The largest absolute Gasteiger partial charge is 0.411 e. The van der Waals surface area contributed by atoms with Gasteiger partial charge < -0.3 is 5.21 Å². The normalized spacial score (nSPS) is 19.2. The highest BCUT2D eigenvalue weighted by Gasteiger charge is 2.07. The number of hydrazone groups is 1. The quantitative estimate of drug-likeness (QED) is 0.309. The van der Waals surface area contributed by atoms with Crippen molar-refractivity contribution in [1.29, 1.82) is 0 Å². The Kier molecular flexibility index (Phi) is 1.67. The van der Waals surface area contributed by atoms with Crippen molar-refractivity contribution in [2.75, 3.05) is 13.6 Å². The van der Waals surface area contributed by atoms with Gasteiger partial charge in [-0.3, -0.25) is 5.01 Å². The first-order valence-electron chi connectivity index (χ1n) is 2.79. The van der Waals surface area contributed by atoms with E-state index >= 15 is 0 Å². The van der Waals surface area contributed by atoms with Crippen LogP contribution in [0.2, 0.25) is 0 Å². The summed E-state index contributed by atoms with van der Waals surface area (Å²) < 4.78 is 0. The molecule has 0 unspecified atom stereocenters. The smallest absolute Gasteiger partial charge is 0.0894 e. The summed E-state index contributed by atoms with van der Waals surface area (Å²) >= 11 is 0. The topological polar surface area (TPSA) is 48.2 Å². The minimum Gasteiger partial charge on any atom is -0.411 e. The molecule has 0 saturated heterocycles. The Hall–Kier alpha value is -1.06. The highest BCUT2D eigenvalue weighted by Crippen LogP contribution is 1.99. The number of hydrogen-bond donors (Lipinski definition) is 1. The van der Waals surface area contributed by atoms with Crippen LogP contribution < -0.4 is 0 Å². The Morgan fingerprint density at radius 1 is 1.89 bits per heavy atom. The van der Waals surface area contributed by atoms with E-state index in [1.165, 1.54) is 6.21 Å². The van der Waals surface area contributed by atoms with Gasteiger partial charge in [-0.25, -0.2) is 0 Å². The van der Waals surface area contributed by atoms with Crippen LogP contribution in [-0.4, -0.2) is 35.7 Å². The third kappa shape index (κ3) is 1.42. The van der Waals surface area contributed by atoms with E-state index in [4.69, 9.17) is 5.21 Å². The van der Waals surface area contributed by atoms with E-state index in [1.807, 2.05) is 12.1 Å². The second-order valence-corrected chi connectivity index (χ2v) is 1.97. The zero-order valence-electron chi connectivity index (χ0n) is 5.28. The number of hydrogen-bond acceptors (Lipinski definition) is 4. The van der Waals surface area contributed by atoms with Crippen LogP contribution in [0.1, 0.15) is 6.42 Å². The molecule has 1 rings (SSSR count). The minimum atomic E-state index is 0.833. The van der Waals surface area contributed by atoms with Crippen molar-refractivity contribution in [3.63, 3.8) is 0 Å². The maximum absolute atomic E-state index is 8.08. The number of oxime groups is 1. The van der Waals surface area contributed by atoms with Gasteiger partial charge in [0, 0.05) is 20.0 Å². The second-order valence-electron chi connectivity index (χ2n) is 1.97. The van der Waals surface area contributed by atoms with Gasteiger partial charge in [0.1, 0.15) is 0 Å². The van der Waals surface area contributed by atoms with Crippen LogP contribution in [0.3, 0.4) is 0 Å². The Morgan fingerprint density at radius 2 is 2.67 bits per heavy atom. The van der Waals surface area contributed by atoms with Crippen molar-refractivity contribution >= 4 is 11.9 Å². The first-order chi connectivity index (χ1) is 4.33. The van der Waals surface area contributed by atoms with Crippen LogP contribution in [0.5, 0.6) is 0 Å². The predicted octanol–water partition coefficient (Wildman–Crippen LogP) is 0.138. The molecule has 0 aromatic heterocycles. The van der Waals surface area contributed by atoms with E-state index in [0.717, 1.165) is 18.7 Å². The van der Waals surface area contributed by atoms with Crippen LogP contribution in [0.15, 0.2) is 10.3 Å². The maximum Gasteiger partial charge on any atom is 0.0894 e. The first kappa shape index (κ1) is 6.07. The fourth-order valence-electron chi connectivity index (χ4n) is 0.753. The molecule has 4 heteroatoms. The van der Waals surface area contributed by atoms with Gasteiger partial charge in [0.2, 0.25) is 0 Å². The second kappa shape index (κ2) is 2.48. The molecule has 1 N–H and O–H groups in total. The lowest BCUT2D eigenvalue weighted by Gasteiger charge is -2.00. The Balaban J connectivity index is 2.52. The van der Waals surface area contributed by atoms with Crippen molar-refractivity contribution in [3.05, 3.63) is 0 Å². The molecule has 4 nitrogen and oxygen atoms in total. The Morgan fingerprint density at radius 3 is 3.11 bits per heavy atom. The van der Waals surface area contributed by atoms with Crippen molar-refractivity contribution in [2.45, 2.75) is 6.42 Å². The Labute approximate surface area is 53.5 Å². The molecule has 9 heavy (non-hydrogen) atoms. The van der Waals surface area contributed by atoms with Crippen LogP contribution in [0.4, 0.5) is 0 Å². The van der Waals surface area contributed by atoms with Crippen LogP contribution in [0.25, 0.3) is 0 Å². The molecular formula is C5H9N3O. The average molecular weight is 127 g/mol. The van der Waals surface area contributed by atoms with Gasteiger partial charge in [-0.2, -0.15) is 5.10 Å². The molecule has 0 aliphatic carbocycles. The number of rotatable bonds is 1. The molecule has 50 valence electrons. The van der Waals surface area contributed by atoms with E-state index < -0.39 is 0 Å². The molecule has 0 saturated carbocycles. The van der Waals surface area contributed by atoms with E-state index in [9.17, 15) is 0 Å². The van der Waals surface area contributed by atoms with Crippen molar-refractivity contribution in [3.8, 4) is 0 Å². The van der Waals surface area contributed by atoms with Crippen molar-refractivity contribution < 1.29 is 5.21 Å². The fraction of sp³-hybridized carbons (Fsp3) is 0.600. The molecule has 0 fully saturated rings. The average Bonchev–Trinajstić information content (AvgIpc) is 2.17. The monoisotopic (exact) mass is 127 g/mol. The summed E-state index contributed by atoms with van der Waals surface area (Å²) in [7, 11) is 1.89. The van der Waals surface area contributed by atoms with Gasteiger partial charge >= 0.3 is 0 Å². The molecular weight excluding hydrogens is 118 g/mol. The summed E-state index contributed by atoms with van der Waals surface area (Å²) in [6, 6.07) is 0. The zero-order valence-corrected chi connectivity index (χ0v) is 5.28. The lowest BCUT2D eigenvalue weighted by molar-refractivity contribution is 0.322. The third-order valence-electron chi connectivity index (χ3n) is 1.20. The highest BCUT2D eigenvalue weighted by molar-refractivity contribution is 6.30. The molecule has 0 amide bonds. The summed E-state index contributed by atoms with van der Waals surface area (Å²) in [4.78, 5) is 0. The molecule has 1 aliphatic heterocycles. The number of nitrogens with zero attached hydrogens (tertiary/aromatic N) is 3. The maximum atomic E-state index is 8.08. The molecule has 1 aliphatic rings. The van der Waals surface area contributed by atoms with Crippen LogP contribution >= 0.6 is 0 Å².